The Labute approximate surface area is 109 Å². The van der Waals surface area contributed by atoms with Crippen molar-refractivity contribution in [2.45, 2.75) is 6.92 Å². The monoisotopic (exact) mass is 261 g/mol. The second kappa shape index (κ2) is 5.95. The van der Waals surface area contributed by atoms with Crippen LogP contribution in [0.1, 0.15) is 17.3 Å². The molecular weight excluding hydrogens is 249 g/mol. The summed E-state index contributed by atoms with van der Waals surface area (Å²) < 4.78 is 22.9. The van der Waals surface area contributed by atoms with Crippen molar-refractivity contribution in [3.8, 4) is 11.6 Å². The zero-order chi connectivity index (χ0) is 13.7. The lowest BCUT2D eigenvalue weighted by atomic mass is 10.2. The maximum absolute atomic E-state index is 12.7. The molecule has 2 aromatic rings. The van der Waals surface area contributed by atoms with Gasteiger partial charge < -0.3 is 9.47 Å². The molecule has 0 spiro atoms. The fourth-order valence-electron chi connectivity index (χ4n) is 1.42. The molecule has 1 aromatic carbocycles. The fraction of sp³-hybridized carbons (Fsp3) is 0.143. The molecular formula is C14H12FNO3. The zero-order valence-corrected chi connectivity index (χ0v) is 10.3. The molecule has 0 unspecified atom stereocenters. The number of hydrogen-bond acceptors (Lipinski definition) is 4. The van der Waals surface area contributed by atoms with E-state index < -0.39 is 5.82 Å². The van der Waals surface area contributed by atoms with E-state index in [2.05, 4.69) is 4.98 Å². The van der Waals surface area contributed by atoms with Crippen LogP contribution in [0.5, 0.6) is 11.6 Å². The van der Waals surface area contributed by atoms with Crippen molar-refractivity contribution in [2.75, 3.05) is 6.61 Å². The van der Waals surface area contributed by atoms with Crippen LogP contribution >= 0.6 is 0 Å². The summed E-state index contributed by atoms with van der Waals surface area (Å²) in [6.07, 6.45) is 1.07. The van der Waals surface area contributed by atoms with Gasteiger partial charge in [0.2, 0.25) is 5.88 Å². The molecule has 5 heteroatoms. The third-order valence-electron chi connectivity index (χ3n) is 2.29. The lowest BCUT2D eigenvalue weighted by molar-refractivity contribution is 0.0526. The predicted molar refractivity (Wildman–Crippen MR) is 66.7 cm³/mol. The Morgan fingerprint density at radius 1 is 1.21 bits per heavy atom. The van der Waals surface area contributed by atoms with Crippen LogP contribution in [0.3, 0.4) is 0 Å². The number of ether oxygens (including phenoxy) is 2. The first-order chi connectivity index (χ1) is 9.19. The van der Waals surface area contributed by atoms with Crippen LogP contribution in [0, 0.1) is 5.82 Å². The van der Waals surface area contributed by atoms with Crippen LogP contribution < -0.4 is 4.74 Å². The highest BCUT2D eigenvalue weighted by molar-refractivity contribution is 5.89. The van der Waals surface area contributed by atoms with E-state index in [9.17, 15) is 9.18 Å². The van der Waals surface area contributed by atoms with Gasteiger partial charge in [0.1, 0.15) is 11.6 Å². The first-order valence-electron chi connectivity index (χ1n) is 5.75. The van der Waals surface area contributed by atoms with E-state index >= 15 is 0 Å². The smallest absolute Gasteiger partial charge is 0.338 e. The summed E-state index contributed by atoms with van der Waals surface area (Å²) in [5, 5.41) is 0. The Morgan fingerprint density at radius 3 is 2.53 bits per heavy atom. The standard InChI is InChI=1S/C14H12FNO3/c1-2-18-14(17)10-3-6-12(7-4-10)19-13-8-5-11(15)9-16-13/h3-9H,2H2,1H3. The summed E-state index contributed by atoms with van der Waals surface area (Å²) in [4.78, 5) is 15.2. The third kappa shape index (κ3) is 3.51. The SMILES string of the molecule is CCOC(=O)c1ccc(Oc2ccc(F)cn2)cc1. The van der Waals surface area contributed by atoms with E-state index in [1.807, 2.05) is 0 Å². The highest BCUT2D eigenvalue weighted by Gasteiger charge is 2.06. The van der Waals surface area contributed by atoms with E-state index in [1.165, 1.54) is 12.1 Å². The molecule has 19 heavy (non-hydrogen) atoms. The van der Waals surface area contributed by atoms with Gasteiger partial charge in [0, 0.05) is 6.07 Å². The Bertz CT molecular complexity index is 552. The molecule has 0 aliphatic carbocycles. The van der Waals surface area contributed by atoms with Crippen LogP contribution in [0.15, 0.2) is 42.6 Å². The average Bonchev–Trinajstić information content (AvgIpc) is 2.42. The molecule has 0 saturated heterocycles. The Hall–Kier alpha value is -2.43. The van der Waals surface area contributed by atoms with Crippen molar-refractivity contribution < 1.29 is 18.7 Å². The Balaban J connectivity index is 2.06. The topological polar surface area (TPSA) is 48.4 Å². The van der Waals surface area contributed by atoms with Crippen LogP contribution in [0.2, 0.25) is 0 Å². The molecule has 0 atom stereocenters. The number of hydrogen-bond donors (Lipinski definition) is 0. The molecule has 0 radical (unpaired) electrons. The molecule has 98 valence electrons. The van der Waals surface area contributed by atoms with Crippen molar-refractivity contribution in [1.82, 2.24) is 4.98 Å². The van der Waals surface area contributed by atoms with Gasteiger partial charge in [0.05, 0.1) is 18.4 Å². The van der Waals surface area contributed by atoms with Gasteiger partial charge in [-0.15, -0.1) is 0 Å². The number of halogens is 1. The van der Waals surface area contributed by atoms with Gasteiger partial charge in [-0.25, -0.2) is 14.2 Å². The quantitative estimate of drug-likeness (QED) is 0.793. The molecule has 4 nitrogen and oxygen atoms in total. The normalized spacial score (nSPS) is 10.0. The minimum atomic E-state index is -0.426. The summed E-state index contributed by atoms with van der Waals surface area (Å²) in [5.41, 5.74) is 0.446. The molecule has 0 fully saturated rings. The molecule has 0 amide bonds. The van der Waals surface area contributed by atoms with Gasteiger partial charge in [0.15, 0.2) is 0 Å². The van der Waals surface area contributed by atoms with E-state index in [0.29, 0.717) is 17.9 Å². The molecule has 1 heterocycles. The first kappa shape index (κ1) is 13.0. The number of carbonyl (C=O) groups excluding carboxylic acids is 1. The van der Waals surface area contributed by atoms with Gasteiger partial charge in [0.25, 0.3) is 0 Å². The predicted octanol–water partition coefficient (Wildman–Crippen LogP) is 3.19. The highest BCUT2D eigenvalue weighted by atomic mass is 19.1. The largest absolute Gasteiger partial charge is 0.462 e. The van der Waals surface area contributed by atoms with Gasteiger partial charge in [-0.1, -0.05) is 0 Å². The summed E-state index contributed by atoms with van der Waals surface area (Å²) in [7, 11) is 0. The molecule has 0 saturated carbocycles. The molecule has 0 aliphatic rings. The number of esters is 1. The van der Waals surface area contributed by atoms with E-state index in [-0.39, 0.29) is 11.8 Å². The van der Waals surface area contributed by atoms with Crippen LogP contribution in [0.4, 0.5) is 4.39 Å². The number of rotatable bonds is 4. The van der Waals surface area contributed by atoms with Crippen molar-refractivity contribution in [3.63, 3.8) is 0 Å². The number of nitrogens with zero attached hydrogens (tertiary/aromatic N) is 1. The lowest BCUT2D eigenvalue weighted by Gasteiger charge is -2.05. The summed E-state index contributed by atoms with van der Waals surface area (Å²) in [6, 6.07) is 9.12. The van der Waals surface area contributed by atoms with Crippen LogP contribution in [0.25, 0.3) is 0 Å². The van der Waals surface area contributed by atoms with Gasteiger partial charge in [-0.2, -0.15) is 0 Å². The van der Waals surface area contributed by atoms with Crippen molar-refractivity contribution in [3.05, 3.63) is 54.0 Å². The third-order valence-corrected chi connectivity index (χ3v) is 2.29. The Morgan fingerprint density at radius 2 is 1.95 bits per heavy atom. The average molecular weight is 261 g/mol. The van der Waals surface area contributed by atoms with Crippen LogP contribution in [-0.2, 0) is 4.74 Å². The van der Waals surface area contributed by atoms with E-state index in [0.717, 1.165) is 6.20 Å². The minimum absolute atomic E-state index is 0.283. The van der Waals surface area contributed by atoms with E-state index in [4.69, 9.17) is 9.47 Å². The maximum atomic E-state index is 12.7. The first-order valence-corrected chi connectivity index (χ1v) is 5.75. The van der Waals surface area contributed by atoms with Gasteiger partial charge in [-0.3, -0.25) is 0 Å². The molecule has 0 bridgehead atoms. The summed E-state index contributed by atoms with van der Waals surface area (Å²) >= 11 is 0. The number of carbonyl (C=O) groups is 1. The van der Waals surface area contributed by atoms with Crippen molar-refractivity contribution >= 4 is 5.97 Å². The second-order valence-electron chi connectivity index (χ2n) is 3.66. The van der Waals surface area contributed by atoms with Crippen molar-refractivity contribution in [2.24, 2.45) is 0 Å². The van der Waals surface area contributed by atoms with Gasteiger partial charge in [-0.05, 0) is 37.3 Å². The second-order valence-corrected chi connectivity index (χ2v) is 3.66. The molecule has 2 rings (SSSR count). The highest BCUT2D eigenvalue weighted by Crippen LogP contribution is 2.19. The fourth-order valence-corrected chi connectivity index (χ4v) is 1.42. The van der Waals surface area contributed by atoms with Crippen molar-refractivity contribution in [1.29, 1.82) is 0 Å². The van der Waals surface area contributed by atoms with E-state index in [1.54, 1.807) is 31.2 Å². The number of benzene rings is 1. The number of aromatic nitrogens is 1. The number of pyridine rings is 1. The zero-order valence-electron chi connectivity index (χ0n) is 10.3. The summed E-state index contributed by atoms with van der Waals surface area (Å²) in [6.45, 7) is 2.08. The minimum Gasteiger partial charge on any atom is -0.462 e. The molecule has 0 aliphatic heterocycles. The Kier molecular flexibility index (Phi) is 4.07. The van der Waals surface area contributed by atoms with Gasteiger partial charge >= 0.3 is 5.97 Å². The summed E-state index contributed by atoms with van der Waals surface area (Å²) in [5.74, 6) is -0.0172. The molecule has 1 aromatic heterocycles. The maximum Gasteiger partial charge on any atom is 0.338 e. The lowest BCUT2D eigenvalue weighted by Crippen LogP contribution is -2.04. The molecule has 0 N–H and O–H groups in total. The van der Waals surface area contributed by atoms with Crippen LogP contribution in [-0.4, -0.2) is 17.6 Å².